The van der Waals surface area contributed by atoms with E-state index in [1.165, 1.54) is 11.3 Å². The number of ether oxygens (including phenoxy) is 1. The molecule has 0 radical (unpaired) electrons. The van der Waals surface area contributed by atoms with Gasteiger partial charge in [-0.05, 0) is 72.6 Å². The Kier molecular flexibility index (Phi) is 8.24. The predicted octanol–water partition coefficient (Wildman–Crippen LogP) is 5.29. The van der Waals surface area contributed by atoms with Gasteiger partial charge in [0, 0.05) is 28.1 Å². The fraction of sp³-hybridized carbons (Fsp3) is 0.269. The Bertz CT molecular complexity index is 1540. The van der Waals surface area contributed by atoms with Crippen LogP contribution in [-0.4, -0.2) is 35.6 Å². The zero-order chi connectivity index (χ0) is 26.1. The van der Waals surface area contributed by atoms with Crippen LogP contribution < -0.4 is 19.6 Å². The Morgan fingerprint density at radius 2 is 1.89 bits per heavy atom. The molecule has 0 aliphatic carbocycles. The van der Waals surface area contributed by atoms with Gasteiger partial charge in [0.25, 0.3) is 11.5 Å². The van der Waals surface area contributed by atoms with Gasteiger partial charge >= 0.3 is 0 Å². The second-order valence-electron chi connectivity index (χ2n) is 8.12. The molecule has 3 aromatic rings. The van der Waals surface area contributed by atoms with E-state index in [-0.39, 0.29) is 11.5 Å². The van der Waals surface area contributed by atoms with Crippen molar-refractivity contribution in [3.8, 4) is 5.75 Å². The number of methoxy groups -OCH3 is 1. The minimum absolute atomic E-state index is 0.131. The number of aromatic nitrogens is 1. The molecule has 1 amide bonds. The van der Waals surface area contributed by atoms with Gasteiger partial charge in [-0.25, -0.2) is 4.99 Å². The second-order valence-corrected chi connectivity index (χ2v) is 11.3. The summed E-state index contributed by atoms with van der Waals surface area (Å²) >= 11 is 14.5. The molecule has 2 aromatic carbocycles. The third-order valence-electron chi connectivity index (χ3n) is 6.02. The van der Waals surface area contributed by atoms with Gasteiger partial charge in [0.15, 0.2) is 4.80 Å². The van der Waals surface area contributed by atoms with Crippen LogP contribution >= 0.6 is 54.8 Å². The van der Waals surface area contributed by atoms with E-state index in [4.69, 9.17) is 21.3 Å². The standard InChI is InChI=1S/C26H24Br2ClN3O3S/c1-5-31(6-2)25(34)21-14(3)30-26-32(22(21)15-7-9-18(29)10-8-15)24(33)20(36-26)12-16-11-17(27)13-19(28)23(16)35-4/h7-13,22H,5-6H2,1-4H3/b20-12+/t22-/m0/s1. The maximum Gasteiger partial charge on any atom is 0.271 e. The summed E-state index contributed by atoms with van der Waals surface area (Å²) in [5.41, 5.74) is 2.39. The zero-order valence-corrected chi connectivity index (χ0v) is 24.9. The first kappa shape index (κ1) is 26.9. The van der Waals surface area contributed by atoms with Crippen LogP contribution in [-0.2, 0) is 4.79 Å². The lowest BCUT2D eigenvalue weighted by molar-refractivity contribution is -0.127. The number of thiazole rings is 1. The molecule has 4 rings (SSSR count). The number of hydrogen-bond donors (Lipinski definition) is 0. The highest BCUT2D eigenvalue weighted by Gasteiger charge is 2.34. The minimum Gasteiger partial charge on any atom is -0.495 e. The average molecular weight is 654 g/mol. The lowest BCUT2D eigenvalue weighted by atomic mass is 9.94. The molecule has 0 spiro atoms. The SMILES string of the molecule is CCN(CC)C(=O)C1=C(C)N=c2s/c(=C/c3cc(Br)cc(Br)c3OC)c(=O)n2[C@H]1c1ccc(Cl)cc1. The Balaban J connectivity index is 1.99. The number of halogens is 3. The fourth-order valence-electron chi connectivity index (χ4n) is 4.28. The van der Waals surface area contributed by atoms with E-state index >= 15 is 0 Å². The van der Waals surface area contributed by atoms with Crippen LogP contribution in [0.25, 0.3) is 6.08 Å². The minimum atomic E-state index is -0.620. The van der Waals surface area contributed by atoms with Gasteiger partial charge in [-0.1, -0.05) is 51.0 Å². The maximum atomic E-state index is 13.9. The largest absolute Gasteiger partial charge is 0.495 e. The summed E-state index contributed by atoms with van der Waals surface area (Å²) in [6, 6.07) is 10.4. The van der Waals surface area contributed by atoms with E-state index < -0.39 is 6.04 Å². The second kappa shape index (κ2) is 11.0. The number of carbonyl (C=O) groups is 1. The molecule has 1 aliphatic rings. The highest BCUT2D eigenvalue weighted by atomic mass is 79.9. The van der Waals surface area contributed by atoms with Gasteiger partial charge in [0.2, 0.25) is 0 Å². The van der Waals surface area contributed by atoms with E-state index in [2.05, 4.69) is 31.9 Å². The normalized spacial score (nSPS) is 15.5. The van der Waals surface area contributed by atoms with Crippen LogP contribution in [0.5, 0.6) is 5.75 Å². The van der Waals surface area contributed by atoms with E-state index in [1.54, 1.807) is 34.8 Å². The lowest BCUT2D eigenvalue weighted by Gasteiger charge is -2.29. The zero-order valence-electron chi connectivity index (χ0n) is 20.1. The van der Waals surface area contributed by atoms with Crippen molar-refractivity contribution in [2.75, 3.05) is 20.2 Å². The number of amides is 1. The Hall–Kier alpha value is -2.20. The fourth-order valence-corrected chi connectivity index (χ4v) is 6.86. The van der Waals surface area contributed by atoms with E-state index in [1.807, 2.05) is 45.0 Å². The van der Waals surface area contributed by atoms with Crippen molar-refractivity contribution in [3.05, 3.63) is 92.5 Å². The molecule has 1 aliphatic heterocycles. The van der Waals surface area contributed by atoms with Gasteiger partial charge in [0.1, 0.15) is 5.75 Å². The number of nitrogens with zero attached hydrogens (tertiary/aromatic N) is 3. The Labute approximate surface area is 234 Å². The molecule has 0 saturated carbocycles. The van der Waals surface area contributed by atoms with Crippen LogP contribution in [0.15, 0.2) is 66.4 Å². The quantitative estimate of drug-likeness (QED) is 0.364. The molecule has 0 bridgehead atoms. The summed E-state index contributed by atoms with van der Waals surface area (Å²) in [6.45, 7) is 6.81. The third-order valence-corrected chi connectivity index (χ3v) is 8.30. The third kappa shape index (κ3) is 4.98. The average Bonchev–Trinajstić information content (AvgIpc) is 3.13. The number of fused-ring (bicyclic) bond motifs is 1. The number of rotatable bonds is 6. The van der Waals surface area contributed by atoms with Crippen molar-refractivity contribution < 1.29 is 9.53 Å². The van der Waals surface area contributed by atoms with Crippen molar-refractivity contribution in [2.45, 2.75) is 26.8 Å². The lowest BCUT2D eigenvalue weighted by Crippen LogP contribution is -2.43. The van der Waals surface area contributed by atoms with Gasteiger partial charge in [-0.15, -0.1) is 0 Å². The molecular weight excluding hydrogens is 630 g/mol. The molecule has 10 heteroatoms. The summed E-state index contributed by atoms with van der Waals surface area (Å²) in [5.74, 6) is 0.486. The molecule has 0 fully saturated rings. The topological polar surface area (TPSA) is 63.9 Å². The Morgan fingerprint density at radius 1 is 1.22 bits per heavy atom. The summed E-state index contributed by atoms with van der Waals surface area (Å²) in [7, 11) is 1.59. The molecule has 0 unspecified atom stereocenters. The number of carbonyl (C=O) groups excluding carboxylic acids is 1. The monoisotopic (exact) mass is 651 g/mol. The predicted molar refractivity (Wildman–Crippen MR) is 152 cm³/mol. The number of benzene rings is 2. The molecule has 1 atom stereocenters. The van der Waals surface area contributed by atoms with Gasteiger partial charge in [-0.3, -0.25) is 14.2 Å². The molecular formula is C26H24Br2ClN3O3S. The van der Waals surface area contributed by atoms with E-state index in [9.17, 15) is 9.59 Å². The van der Waals surface area contributed by atoms with Crippen LogP contribution in [0.2, 0.25) is 5.02 Å². The van der Waals surface area contributed by atoms with Gasteiger partial charge in [-0.2, -0.15) is 0 Å². The van der Waals surface area contributed by atoms with Crippen molar-refractivity contribution in [1.29, 1.82) is 0 Å². The van der Waals surface area contributed by atoms with E-state index in [0.717, 1.165) is 20.1 Å². The molecule has 0 N–H and O–H groups in total. The maximum absolute atomic E-state index is 13.9. The van der Waals surface area contributed by atoms with Crippen molar-refractivity contribution in [3.63, 3.8) is 0 Å². The summed E-state index contributed by atoms with van der Waals surface area (Å²) < 4.78 is 9.27. The van der Waals surface area contributed by atoms with Crippen molar-refractivity contribution >= 4 is 66.8 Å². The van der Waals surface area contributed by atoms with Gasteiger partial charge < -0.3 is 9.64 Å². The molecule has 6 nitrogen and oxygen atoms in total. The van der Waals surface area contributed by atoms with Crippen LogP contribution in [0.4, 0.5) is 0 Å². The smallest absolute Gasteiger partial charge is 0.271 e. The van der Waals surface area contributed by atoms with E-state index in [0.29, 0.717) is 44.5 Å². The number of allylic oxidation sites excluding steroid dienone is 1. The summed E-state index contributed by atoms with van der Waals surface area (Å²) in [4.78, 5) is 34.5. The van der Waals surface area contributed by atoms with Crippen LogP contribution in [0, 0.1) is 0 Å². The molecule has 2 heterocycles. The number of hydrogen-bond acceptors (Lipinski definition) is 5. The number of likely N-dealkylation sites (N-methyl/N-ethyl adjacent to an activating group) is 1. The van der Waals surface area contributed by atoms with Crippen LogP contribution in [0.3, 0.4) is 0 Å². The first-order chi connectivity index (χ1) is 17.2. The Morgan fingerprint density at radius 3 is 2.50 bits per heavy atom. The molecule has 188 valence electrons. The molecule has 0 saturated heterocycles. The van der Waals surface area contributed by atoms with Crippen molar-refractivity contribution in [2.24, 2.45) is 4.99 Å². The first-order valence-electron chi connectivity index (χ1n) is 11.3. The first-order valence-corrected chi connectivity index (χ1v) is 14.1. The summed E-state index contributed by atoms with van der Waals surface area (Å²) in [6.07, 6.45) is 1.79. The van der Waals surface area contributed by atoms with Gasteiger partial charge in [0.05, 0.1) is 33.4 Å². The van der Waals surface area contributed by atoms with Crippen LogP contribution in [0.1, 0.15) is 37.9 Å². The van der Waals surface area contributed by atoms with Crippen molar-refractivity contribution in [1.82, 2.24) is 9.47 Å². The highest BCUT2D eigenvalue weighted by molar-refractivity contribution is 9.11. The highest BCUT2D eigenvalue weighted by Crippen LogP contribution is 2.34. The summed E-state index contributed by atoms with van der Waals surface area (Å²) in [5, 5.41) is 0.579. The molecule has 36 heavy (non-hydrogen) atoms. The molecule has 1 aromatic heterocycles.